The monoisotopic (exact) mass is 379 g/mol. The molecular weight excluding hydrogens is 350 g/mol. The van der Waals surface area contributed by atoms with Crippen LogP contribution in [0.1, 0.15) is 38.2 Å². The van der Waals surface area contributed by atoms with Gasteiger partial charge in [-0.25, -0.2) is 0 Å². The number of benzene rings is 2. The summed E-state index contributed by atoms with van der Waals surface area (Å²) in [5, 5.41) is 2.88. The summed E-state index contributed by atoms with van der Waals surface area (Å²) in [7, 11) is 0. The van der Waals surface area contributed by atoms with Crippen molar-refractivity contribution >= 4 is 28.9 Å². The van der Waals surface area contributed by atoms with Crippen LogP contribution >= 0.6 is 0 Å². The van der Waals surface area contributed by atoms with Gasteiger partial charge in [0, 0.05) is 50.0 Å². The van der Waals surface area contributed by atoms with E-state index in [9.17, 15) is 9.59 Å². The van der Waals surface area contributed by atoms with Gasteiger partial charge in [0.1, 0.15) is 0 Å². The van der Waals surface area contributed by atoms with Crippen LogP contribution in [-0.4, -0.2) is 31.4 Å². The fourth-order valence-electron chi connectivity index (χ4n) is 3.54. The average Bonchev–Trinajstić information content (AvgIpc) is 2.71. The number of nitrogens with one attached hydrogen (secondary N) is 1. The maximum absolute atomic E-state index is 12.3. The molecule has 0 spiro atoms. The molecule has 28 heavy (non-hydrogen) atoms. The third-order valence-corrected chi connectivity index (χ3v) is 5.16. The van der Waals surface area contributed by atoms with Gasteiger partial charge in [-0.15, -0.1) is 0 Å². The molecule has 2 amide bonds. The van der Waals surface area contributed by atoms with Crippen molar-refractivity contribution in [3.8, 4) is 0 Å². The van der Waals surface area contributed by atoms with E-state index in [0.29, 0.717) is 6.54 Å². The first kappa shape index (κ1) is 19.9. The van der Waals surface area contributed by atoms with Crippen molar-refractivity contribution in [2.75, 3.05) is 34.8 Å². The maximum Gasteiger partial charge on any atom is 0.226 e. The molecule has 0 aliphatic carbocycles. The second kappa shape index (κ2) is 9.40. The molecule has 0 saturated carbocycles. The van der Waals surface area contributed by atoms with E-state index in [0.717, 1.165) is 30.0 Å². The zero-order valence-corrected chi connectivity index (χ0v) is 16.8. The number of nitrogens with zero attached hydrogens (tertiary/aromatic N) is 2. The molecular formula is C23H29N3O2. The standard InChI is InChI=1S/C23H29N3O2/c1-18-6-8-20(9-7-18)24-23(28)14-17-26(19(2)27)22-12-10-21(11-13-22)25-15-4-3-5-16-25/h6-13H,3-5,14-17H2,1-2H3,(H,24,28). The van der Waals surface area contributed by atoms with Gasteiger partial charge in [0.25, 0.3) is 0 Å². The van der Waals surface area contributed by atoms with Crippen LogP contribution in [0.4, 0.5) is 17.1 Å². The highest BCUT2D eigenvalue weighted by Crippen LogP contribution is 2.24. The van der Waals surface area contributed by atoms with Crippen LogP contribution in [0.25, 0.3) is 0 Å². The Morgan fingerprint density at radius 1 is 0.964 bits per heavy atom. The molecule has 1 N–H and O–H groups in total. The highest BCUT2D eigenvalue weighted by molar-refractivity contribution is 5.94. The molecule has 2 aromatic carbocycles. The van der Waals surface area contributed by atoms with Gasteiger partial charge in [-0.05, 0) is 62.6 Å². The Labute approximate surface area is 167 Å². The Hall–Kier alpha value is -2.82. The van der Waals surface area contributed by atoms with Gasteiger partial charge in [0.15, 0.2) is 0 Å². The Bertz CT molecular complexity index is 794. The summed E-state index contributed by atoms with van der Waals surface area (Å²) < 4.78 is 0. The van der Waals surface area contributed by atoms with Crippen LogP contribution in [0.15, 0.2) is 48.5 Å². The van der Waals surface area contributed by atoms with Gasteiger partial charge in [-0.2, -0.15) is 0 Å². The predicted octanol–water partition coefficient (Wildman–Crippen LogP) is 4.37. The first-order chi connectivity index (χ1) is 13.5. The molecule has 0 atom stereocenters. The first-order valence-corrected chi connectivity index (χ1v) is 10.0. The highest BCUT2D eigenvalue weighted by Gasteiger charge is 2.15. The molecule has 0 aromatic heterocycles. The van der Waals surface area contributed by atoms with Crippen LogP contribution in [-0.2, 0) is 9.59 Å². The molecule has 3 rings (SSSR count). The van der Waals surface area contributed by atoms with Crippen molar-refractivity contribution < 1.29 is 9.59 Å². The first-order valence-electron chi connectivity index (χ1n) is 10.0. The quantitative estimate of drug-likeness (QED) is 0.811. The van der Waals surface area contributed by atoms with E-state index in [4.69, 9.17) is 0 Å². The Morgan fingerprint density at radius 3 is 2.21 bits per heavy atom. The molecule has 1 aliphatic heterocycles. The van der Waals surface area contributed by atoms with Gasteiger partial charge in [-0.1, -0.05) is 17.7 Å². The molecule has 1 fully saturated rings. The van der Waals surface area contributed by atoms with Crippen molar-refractivity contribution in [1.29, 1.82) is 0 Å². The summed E-state index contributed by atoms with van der Waals surface area (Å²) >= 11 is 0. The summed E-state index contributed by atoms with van der Waals surface area (Å²) in [5.74, 6) is -0.158. The van der Waals surface area contributed by atoms with Crippen molar-refractivity contribution in [1.82, 2.24) is 0 Å². The average molecular weight is 380 g/mol. The van der Waals surface area contributed by atoms with Gasteiger partial charge >= 0.3 is 0 Å². The molecule has 0 radical (unpaired) electrons. The number of anilines is 3. The van der Waals surface area contributed by atoms with Crippen molar-refractivity contribution in [2.24, 2.45) is 0 Å². The summed E-state index contributed by atoms with van der Waals surface area (Å²) in [5.41, 5.74) is 3.95. The molecule has 5 nitrogen and oxygen atoms in total. The van der Waals surface area contributed by atoms with Crippen molar-refractivity contribution in [3.63, 3.8) is 0 Å². The number of amides is 2. The van der Waals surface area contributed by atoms with E-state index < -0.39 is 0 Å². The third-order valence-electron chi connectivity index (χ3n) is 5.16. The number of hydrogen-bond acceptors (Lipinski definition) is 3. The Balaban J connectivity index is 1.59. The number of carbonyl (C=O) groups excluding carboxylic acids is 2. The van der Waals surface area contributed by atoms with E-state index in [-0.39, 0.29) is 18.2 Å². The van der Waals surface area contributed by atoms with E-state index in [2.05, 4.69) is 22.3 Å². The number of aryl methyl sites for hydroxylation is 1. The van der Waals surface area contributed by atoms with E-state index in [1.54, 1.807) is 4.90 Å². The minimum Gasteiger partial charge on any atom is -0.372 e. The lowest BCUT2D eigenvalue weighted by atomic mass is 10.1. The molecule has 1 heterocycles. The lowest BCUT2D eigenvalue weighted by Crippen LogP contribution is -2.32. The molecule has 0 unspecified atom stereocenters. The van der Waals surface area contributed by atoms with Crippen molar-refractivity contribution in [3.05, 3.63) is 54.1 Å². The molecule has 1 saturated heterocycles. The number of piperidine rings is 1. The van der Waals surface area contributed by atoms with E-state index in [1.165, 1.54) is 31.9 Å². The lowest BCUT2D eigenvalue weighted by molar-refractivity contribution is -0.117. The minimum atomic E-state index is -0.0972. The molecule has 5 heteroatoms. The van der Waals surface area contributed by atoms with Gasteiger partial charge in [-0.3, -0.25) is 9.59 Å². The van der Waals surface area contributed by atoms with Crippen molar-refractivity contribution in [2.45, 2.75) is 39.5 Å². The normalized spacial score (nSPS) is 13.9. The summed E-state index contributed by atoms with van der Waals surface area (Å²) in [4.78, 5) is 28.4. The summed E-state index contributed by atoms with van der Waals surface area (Å²) in [6.07, 6.45) is 4.02. The minimum absolute atomic E-state index is 0.0612. The van der Waals surface area contributed by atoms with E-state index in [1.807, 2.05) is 43.3 Å². The van der Waals surface area contributed by atoms with Crippen LogP contribution in [0.2, 0.25) is 0 Å². The largest absolute Gasteiger partial charge is 0.372 e. The summed E-state index contributed by atoms with van der Waals surface area (Å²) in [6, 6.07) is 15.8. The second-order valence-corrected chi connectivity index (χ2v) is 7.40. The van der Waals surface area contributed by atoms with Gasteiger partial charge in [0.2, 0.25) is 11.8 Å². The molecule has 148 valence electrons. The highest BCUT2D eigenvalue weighted by atomic mass is 16.2. The topological polar surface area (TPSA) is 52.7 Å². The van der Waals surface area contributed by atoms with Crippen LogP contribution in [0.5, 0.6) is 0 Å². The smallest absolute Gasteiger partial charge is 0.226 e. The zero-order valence-electron chi connectivity index (χ0n) is 16.8. The number of hydrogen-bond donors (Lipinski definition) is 1. The summed E-state index contributed by atoms with van der Waals surface area (Å²) in [6.45, 7) is 6.09. The van der Waals surface area contributed by atoms with Gasteiger partial charge in [0.05, 0.1) is 0 Å². The predicted molar refractivity (Wildman–Crippen MR) is 115 cm³/mol. The molecule has 1 aliphatic rings. The Morgan fingerprint density at radius 2 is 1.61 bits per heavy atom. The fourth-order valence-corrected chi connectivity index (χ4v) is 3.54. The lowest BCUT2D eigenvalue weighted by Gasteiger charge is -2.29. The van der Waals surface area contributed by atoms with Gasteiger partial charge < -0.3 is 15.1 Å². The van der Waals surface area contributed by atoms with Crippen LogP contribution in [0.3, 0.4) is 0 Å². The second-order valence-electron chi connectivity index (χ2n) is 7.40. The Kier molecular flexibility index (Phi) is 6.69. The van der Waals surface area contributed by atoms with E-state index >= 15 is 0 Å². The third kappa shape index (κ3) is 5.35. The van der Waals surface area contributed by atoms with Crippen LogP contribution < -0.4 is 15.1 Å². The SMILES string of the molecule is CC(=O)N(CCC(=O)Nc1ccc(C)cc1)c1ccc(N2CCCCC2)cc1. The number of rotatable bonds is 6. The van der Waals surface area contributed by atoms with Crippen LogP contribution in [0, 0.1) is 6.92 Å². The maximum atomic E-state index is 12.3. The fraction of sp³-hybridized carbons (Fsp3) is 0.391. The zero-order chi connectivity index (χ0) is 19.9. The molecule has 2 aromatic rings. The number of carbonyl (C=O) groups is 2. The molecule has 0 bridgehead atoms.